The average molecular weight is 348 g/mol. The highest BCUT2D eigenvalue weighted by Gasteiger charge is 2.49. The molecule has 2 aromatic rings. The molecule has 0 saturated heterocycles. The number of aryl methyl sites for hydroxylation is 1. The van der Waals surface area contributed by atoms with Crippen LogP contribution in [-0.4, -0.2) is 16.9 Å². The van der Waals surface area contributed by atoms with Crippen LogP contribution in [0.1, 0.15) is 24.8 Å². The molecule has 1 aromatic heterocycles. The number of oxazole rings is 1. The third kappa shape index (κ3) is 2.82. The lowest BCUT2D eigenvalue weighted by Crippen LogP contribution is -2.42. The summed E-state index contributed by atoms with van der Waals surface area (Å²) in [5, 5.41) is 3.04. The number of benzene rings is 1. The SMILES string of the molecule is Cc1ccc(NC(=O)C2C3CCC(C3)C2N)cc1-c1ncco1.Cl. The van der Waals surface area contributed by atoms with Gasteiger partial charge in [0.2, 0.25) is 11.8 Å². The molecule has 6 heteroatoms. The Bertz CT molecular complexity index is 730. The summed E-state index contributed by atoms with van der Waals surface area (Å²) in [5.74, 6) is 1.53. The molecule has 1 aromatic carbocycles. The highest BCUT2D eigenvalue weighted by molar-refractivity contribution is 5.94. The first-order valence-corrected chi connectivity index (χ1v) is 8.20. The van der Waals surface area contributed by atoms with Crippen LogP contribution in [0, 0.1) is 24.7 Å². The molecule has 0 aliphatic heterocycles. The van der Waals surface area contributed by atoms with E-state index in [1.807, 2.05) is 25.1 Å². The zero-order valence-electron chi connectivity index (χ0n) is 13.6. The quantitative estimate of drug-likeness (QED) is 0.891. The second-order valence-electron chi connectivity index (χ2n) is 6.79. The molecular weight excluding hydrogens is 326 g/mol. The molecule has 4 rings (SSSR count). The molecule has 5 nitrogen and oxygen atoms in total. The molecule has 1 heterocycles. The van der Waals surface area contributed by atoms with Gasteiger partial charge in [-0.1, -0.05) is 6.07 Å². The van der Waals surface area contributed by atoms with Crippen molar-refractivity contribution in [1.29, 1.82) is 0 Å². The van der Waals surface area contributed by atoms with Gasteiger partial charge in [0.05, 0.1) is 12.1 Å². The van der Waals surface area contributed by atoms with Crippen LogP contribution in [0.25, 0.3) is 11.5 Å². The van der Waals surface area contributed by atoms with Crippen LogP contribution < -0.4 is 11.1 Å². The molecule has 0 radical (unpaired) electrons. The van der Waals surface area contributed by atoms with Gasteiger partial charge < -0.3 is 15.5 Å². The molecule has 2 aliphatic carbocycles. The second-order valence-corrected chi connectivity index (χ2v) is 6.79. The van der Waals surface area contributed by atoms with Crippen molar-refractivity contribution < 1.29 is 9.21 Å². The average Bonchev–Trinajstić information content (AvgIpc) is 3.25. The first kappa shape index (κ1) is 17.0. The summed E-state index contributed by atoms with van der Waals surface area (Å²) in [7, 11) is 0. The summed E-state index contributed by atoms with van der Waals surface area (Å²) in [6, 6.07) is 5.80. The van der Waals surface area contributed by atoms with Crippen molar-refractivity contribution in [2.75, 3.05) is 5.32 Å². The van der Waals surface area contributed by atoms with E-state index in [2.05, 4.69) is 10.3 Å². The van der Waals surface area contributed by atoms with E-state index in [0.717, 1.165) is 29.7 Å². The molecule has 4 unspecified atom stereocenters. The maximum absolute atomic E-state index is 12.7. The van der Waals surface area contributed by atoms with Gasteiger partial charge in [-0.05, 0) is 55.7 Å². The predicted octanol–water partition coefficient (Wildman–Crippen LogP) is 3.38. The largest absolute Gasteiger partial charge is 0.445 e. The third-order valence-corrected chi connectivity index (χ3v) is 5.45. The van der Waals surface area contributed by atoms with Crippen LogP contribution in [0.3, 0.4) is 0 Å². The Kier molecular flexibility index (Phi) is 4.65. The number of nitrogens with zero attached hydrogens (tertiary/aromatic N) is 1. The lowest BCUT2D eigenvalue weighted by atomic mass is 9.84. The standard InChI is InChI=1S/C18H21N3O2.ClH/c1-10-2-5-13(9-14(10)18-20-6-7-23-18)21-17(22)15-11-3-4-12(8-11)16(15)19;/h2,5-7,9,11-12,15-16H,3-4,8,19H2,1H3,(H,21,22);1H. The monoisotopic (exact) mass is 347 g/mol. The highest BCUT2D eigenvalue weighted by atomic mass is 35.5. The van der Waals surface area contributed by atoms with Crippen molar-refractivity contribution in [2.45, 2.75) is 32.2 Å². The third-order valence-electron chi connectivity index (χ3n) is 5.45. The lowest BCUT2D eigenvalue weighted by Gasteiger charge is -2.27. The molecule has 2 fully saturated rings. The van der Waals surface area contributed by atoms with Crippen LogP contribution in [0.5, 0.6) is 0 Å². The van der Waals surface area contributed by atoms with Gasteiger partial charge in [0.1, 0.15) is 6.26 Å². The Morgan fingerprint density at radius 1 is 1.33 bits per heavy atom. The summed E-state index contributed by atoms with van der Waals surface area (Å²) in [4.78, 5) is 16.9. The first-order valence-electron chi connectivity index (χ1n) is 8.20. The van der Waals surface area contributed by atoms with Gasteiger partial charge in [0.15, 0.2) is 0 Å². The van der Waals surface area contributed by atoms with Crippen LogP contribution in [0.4, 0.5) is 5.69 Å². The summed E-state index contributed by atoms with van der Waals surface area (Å²) >= 11 is 0. The van der Waals surface area contributed by atoms with Gasteiger partial charge in [0, 0.05) is 17.3 Å². The molecule has 4 atom stereocenters. The molecule has 2 bridgehead atoms. The Morgan fingerprint density at radius 3 is 2.79 bits per heavy atom. The second kappa shape index (κ2) is 6.57. The van der Waals surface area contributed by atoms with E-state index in [4.69, 9.17) is 10.2 Å². The number of rotatable bonds is 3. The number of nitrogens with two attached hydrogens (primary N) is 1. The van der Waals surface area contributed by atoms with E-state index in [0.29, 0.717) is 17.7 Å². The number of anilines is 1. The maximum Gasteiger partial charge on any atom is 0.229 e. The van der Waals surface area contributed by atoms with E-state index in [1.165, 1.54) is 6.42 Å². The fourth-order valence-corrected chi connectivity index (χ4v) is 4.24. The summed E-state index contributed by atoms with van der Waals surface area (Å²) in [5.41, 5.74) is 8.98. The molecule has 0 spiro atoms. The Labute approximate surface area is 147 Å². The minimum Gasteiger partial charge on any atom is -0.445 e. The summed E-state index contributed by atoms with van der Waals surface area (Å²) < 4.78 is 5.37. The number of carbonyl (C=O) groups excluding carboxylic acids is 1. The van der Waals surface area contributed by atoms with Gasteiger partial charge >= 0.3 is 0 Å². The number of fused-ring (bicyclic) bond motifs is 2. The van der Waals surface area contributed by atoms with Crippen molar-refractivity contribution >= 4 is 24.0 Å². The van der Waals surface area contributed by atoms with Crippen molar-refractivity contribution in [2.24, 2.45) is 23.5 Å². The minimum atomic E-state index is -0.0553. The topological polar surface area (TPSA) is 81.2 Å². The zero-order valence-corrected chi connectivity index (χ0v) is 14.4. The molecule has 1 amide bonds. The van der Waals surface area contributed by atoms with Gasteiger partial charge in [0.25, 0.3) is 0 Å². The number of amides is 1. The normalized spacial score (nSPS) is 27.8. The number of halogens is 1. The molecule has 2 saturated carbocycles. The maximum atomic E-state index is 12.7. The smallest absolute Gasteiger partial charge is 0.229 e. The van der Waals surface area contributed by atoms with Crippen molar-refractivity contribution in [3.05, 3.63) is 36.2 Å². The predicted molar refractivity (Wildman–Crippen MR) is 94.9 cm³/mol. The number of carbonyl (C=O) groups is 1. The van der Waals surface area contributed by atoms with E-state index in [-0.39, 0.29) is 30.3 Å². The van der Waals surface area contributed by atoms with Gasteiger partial charge in [-0.25, -0.2) is 4.98 Å². The van der Waals surface area contributed by atoms with Crippen LogP contribution in [0.2, 0.25) is 0 Å². The molecule has 128 valence electrons. The molecular formula is C18H22ClN3O2. The Morgan fingerprint density at radius 2 is 2.12 bits per heavy atom. The molecule has 2 aliphatic rings. The number of aromatic nitrogens is 1. The summed E-state index contributed by atoms with van der Waals surface area (Å²) in [6.45, 7) is 2.00. The zero-order chi connectivity index (χ0) is 16.0. The van der Waals surface area contributed by atoms with Crippen LogP contribution in [0.15, 0.2) is 35.1 Å². The number of hydrogen-bond donors (Lipinski definition) is 2. The fourth-order valence-electron chi connectivity index (χ4n) is 4.24. The van der Waals surface area contributed by atoms with Crippen molar-refractivity contribution in [1.82, 2.24) is 4.98 Å². The van der Waals surface area contributed by atoms with E-state index in [9.17, 15) is 4.79 Å². The Hall–Kier alpha value is -1.85. The Balaban J connectivity index is 0.00000169. The first-order chi connectivity index (χ1) is 11.1. The van der Waals surface area contributed by atoms with E-state index >= 15 is 0 Å². The molecule has 3 N–H and O–H groups in total. The van der Waals surface area contributed by atoms with Crippen LogP contribution >= 0.6 is 12.4 Å². The minimum absolute atomic E-state index is 0. The van der Waals surface area contributed by atoms with Gasteiger partial charge in [-0.15, -0.1) is 12.4 Å². The highest BCUT2D eigenvalue weighted by Crippen LogP contribution is 2.48. The number of hydrogen-bond acceptors (Lipinski definition) is 4. The van der Waals surface area contributed by atoms with E-state index < -0.39 is 0 Å². The van der Waals surface area contributed by atoms with Crippen molar-refractivity contribution in [3.8, 4) is 11.5 Å². The summed E-state index contributed by atoms with van der Waals surface area (Å²) in [6.07, 6.45) is 6.58. The number of nitrogens with one attached hydrogen (secondary N) is 1. The van der Waals surface area contributed by atoms with E-state index in [1.54, 1.807) is 12.5 Å². The van der Waals surface area contributed by atoms with Gasteiger partial charge in [-0.3, -0.25) is 4.79 Å². The van der Waals surface area contributed by atoms with Gasteiger partial charge in [-0.2, -0.15) is 0 Å². The lowest BCUT2D eigenvalue weighted by molar-refractivity contribution is -0.121. The van der Waals surface area contributed by atoms with Crippen molar-refractivity contribution in [3.63, 3.8) is 0 Å². The fraction of sp³-hybridized carbons (Fsp3) is 0.444. The van der Waals surface area contributed by atoms with Crippen LogP contribution in [-0.2, 0) is 4.79 Å². The molecule has 24 heavy (non-hydrogen) atoms.